The van der Waals surface area contributed by atoms with Crippen molar-refractivity contribution in [2.75, 3.05) is 5.32 Å². The van der Waals surface area contributed by atoms with Crippen molar-refractivity contribution < 1.29 is 0 Å². The zero-order valence-corrected chi connectivity index (χ0v) is 7.40. The van der Waals surface area contributed by atoms with E-state index in [-0.39, 0.29) is 5.56 Å². The van der Waals surface area contributed by atoms with Gasteiger partial charge < -0.3 is 10.3 Å². The predicted molar refractivity (Wildman–Crippen MR) is 54.6 cm³/mol. The van der Waals surface area contributed by atoms with Gasteiger partial charge in [0.15, 0.2) is 0 Å². The van der Waals surface area contributed by atoms with Gasteiger partial charge in [0.1, 0.15) is 5.82 Å². The number of hydrogen-bond acceptors (Lipinski definition) is 3. The van der Waals surface area contributed by atoms with E-state index in [1.807, 2.05) is 18.2 Å². The summed E-state index contributed by atoms with van der Waals surface area (Å²) in [7, 11) is 0. The SMILES string of the molecule is O=c1ccc(Nc2ccccn2)c[nH]1. The molecular weight excluding hydrogens is 178 g/mol. The van der Waals surface area contributed by atoms with Gasteiger partial charge in [0, 0.05) is 18.5 Å². The predicted octanol–water partition coefficient (Wildman–Crippen LogP) is 1.51. The van der Waals surface area contributed by atoms with E-state index >= 15 is 0 Å². The molecule has 0 aliphatic rings. The van der Waals surface area contributed by atoms with Crippen LogP contribution in [0.4, 0.5) is 11.5 Å². The molecule has 0 aromatic carbocycles. The maximum atomic E-state index is 10.8. The van der Waals surface area contributed by atoms with Crippen LogP contribution in [-0.2, 0) is 0 Å². The summed E-state index contributed by atoms with van der Waals surface area (Å²) in [5, 5.41) is 3.05. The molecule has 0 radical (unpaired) electrons. The normalized spacial score (nSPS) is 9.71. The van der Waals surface area contributed by atoms with E-state index in [1.54, 1.807) is 18.5 Å². The second-order valence-corrected chi connectivity index (χ2v) is 2.78. The smallest absolute Gasteiger partial charge is 0.248 e. The number of aromatic nitrogens is 2. The molecule has 0 unspecified atom stereocenters. The third-order valence-corrected chi connectivity index (χ3v) is 1.72. The number of H-pyrrole nitrogens is 1. The molecule has 70 valence electrons. The van der Waals surface area contributed by atoms with E-state index in [1.165, 1.54) is 6.07 Å². The van der Waals surface area contributed by atoms with Gasteiger partial charge in [-0.3, -0.25) is 4.79 Å². The fourth-order valence-electron chi connectivity index (χ4n) is 1.07. The minimum Gasteiger partial charge on any atom is -0.339 e. The zero-order valence-electron chi connectivity index (χ0n) is 7.40. The Hall–Kier alpha value is -2.10. The molecular formula is C10H9N3O. The van der Waals surface area contributed by atoms with Crippen LogP contribution in [0.2, 0.25) is 0 Å². The molecule has 0 fully saturated rings. The lowest BCUT2D eigenvalue weighted by Crippen LogP contribution is -2.03. The Morgan fingerprint density at radius 2 is 2.14 bits per heavy atom. The first-order chi connectivity index (χ1) is 6.84. The molecule has 4 heteroatoms. The van der Waals surface area contributed by atoms with Gasteiger partial charge in [0.2, 0.25) is 5.56 Å². The largest absolute Gasteiger partial charge is 0.339 e. The number of hydrogen-bond donors (Lipinski definition) is 2. The van der Waals surface area contributed by atoms with Gasteiger partial charge in [-0.05, 0) is 18.2 Å². The quantitative estimate of drug-likeness (QED) is 0.749. The standard InChI is InChI=1S/C10H9N3O/c14-10-5-4-8(7-12-10)13-9-3-1-2-6-11-9/h1-7H,(H,11,13)(H,12,14). The summed E-state index contributed by atoms with van der Waals surface area (Å²) < 4.78 is 0. The Morgan fingerprint density at radius 1 is 1.21 bits per heavy atom. The van der Waals surface area contributed by atoms with Crippen molar-refractivity contribution >= 4 is 11.5 Å². The molecule has 0 bridgehead atoms. The third kappa shape index (κ3) is 1.98. The summed E-state index contributed by atoms with van der Waals surface area (Å²) in [5.41, 5.74) is 0.694. The first-order valence-electron chi connectivity index (χ1n) is 4.21. The number of rotatable bonds is 2. The van der Waals surface area contributed by atoms with Crippen molar-refractivity contribution in [3.63, 3.8) is 0 Å². The van der Waals surface area contributed by atoms with Crippen LogP contribution in [0.1, 0.15) is 0 Å². The maximum Gasteiger partial charge on any atom is 0.248 e. The van der Waals surface area contributed by atoms with E-state index in [2.05, 4.69) is 15.3 Å². The van der Waals surface area contributed by atoms with Crippen LogP contribution in [0.25, 0.3) is 0 Å². The molecule has 0 amide bonds. The molecule has 2 N–H and O–H groups in total. The van der Waals surface area contributed by atoms with Crippen LogP contribution in [0, 0.1) is 0 Å². The fourth-order valence-corrected chi connectivity index (χ4v) is 1.07. The van der Waals surface area contributed by atoms with E-state index < -0.39 is 0 Å². The Kier molecular flexibility index (Phi) is 2.27. The number of pyridine rings is 2. The van der Waals surface area contributed by atoms with Crippen LogP contribution in [-0.4, -0.2) is 9.97 Å². The molecule has 0 aliphatic carbocycles. The number of nitrogens with zero attached hydrogens (tertiary/aromatic N) is 1. The van der Waals surface area contributed by atoms with Crippen LogP contribution in [0.15, 0.2) is 47.5 Å². The Morgan fingerprint density at radius 3 is 2.79 bits per heavy atom. The lowest BCUT2D eigenvalue weighted by molar-refractivity contribution is 1.22. The maximum absolute atomic E-state index is 10.8. The molecule has 0 saturated carbocycles. The fraction of sp³-hybridized carbons (Fsp3) is 0. The van der Waals surface area contributed by atoms with Gasteiger partial charge in [-0.15, -0.1) is 0 Å². The number of aromatic amines is 1. The van der Waals surface area contributed by atoms with Gasteiger partial charge in [-0.2, -0.15) is 0 Å². The van der Waals surface area contributed by atoms with Crippen molar-refractivity contribution in [3.8, 4) is 0 Å². The van der Waals surface area contributed by atoms with Gasteiger partial charge in [-0.25, -0.2) is 4.98 Å². The third-order valence-electron chi connectivity index (χ3n) is 1.72. The molecule has 2 aromatic rings. The van der Waals surface area contributed by atoms with Crippen molar-refractivity contribution in [2.24, 2.45) is 0 Å². The van der Waals surface area contributed by atoms with Crippen LogP contribution >= 0.6 is 0 Å². The highest BCUT2D eigenvalue weighted by Gasteiger charge is 1.93. The topological polar surface area (TPSA) is 57.8 Å². The van der Waals surface area contributed by atoms with E-state index in [4.69, 9.17) is 0 Å². The van der Waals surface area contributed by atoms with Crippen LogP contribution < -0.4 is 10.9 Å². The van der Waals surface area contributed by atoms with E-state index in [0.717, 1.165) is 11.5 Å². The molecule has 4 nitrogen and oxygen atoms in total. The van der Waals surface area contributed by atoms with Crippen LogP contribution in [0.5, 0.6) is 0 Å². The minimum atomic E-state index is -0.114. The first kappa shape index (κ1) is 8.50. The molecule has 2 aromatic heterocycles. The lowest BCUT2D eigenvalue weighted by atomic mass is 10.4. The van der Waals surface area contributed by atoms with E-state index in [9.17, 15) is 4.79 Å². The van der Waals surface area contributed by atoms with Crippen molar-refractivity contribution in [1.82, 2.24) is 9.97 Å². The van der Waals surface area contributed by atoms with Crippen LogP contribution in [0.3, 0.4) is 0 Å². The van der Waals surface area contributed by atoms with Gasteiger partial charge in [0.25, 0.3) is 0 Å². The summed E-state index contributed by atoms with van der Waals surface area (Å²) in [6, 6.07) is 8.75. The Balaban J connectivity index is 2.19. The molecule has 0 spiro atoms. The average molecular weight is 187 g/mol. The summed E-state index contributed by atoms with van der Waals surface area (Å²) in [5.74, 6) is 0.750. The molecule has 0 saturated heterocycles. The summed E-state index contributed by atoms with van der Waals surface area (Å²) in [6.07, 6.45) is 3.31. The molecule has 14 heavy (non-hydrogen) atoms. The zero-order chi connectivity index (χ0) is 9.80. The highest BCUT2D eigenvalue weighted by atomic mass is 16.1. The summed E-state index contributed by atoms with van der Waals surface area (Å²) in [4.78, 5) is 17.4. The van der Waals surface area contributed by atoms with Gasteiger partial charge in [-0.1, -0.05) is 6.07 Å². The number of nitrogens with one attached hydrogen (secondary N) is 2. The monoisotopic (exact) mass is 187 g/mol. The number of anilines is 2. The average Bonchev–Trinajstić information content (AvgIpc) is 2.23. The Labute approximate surface area is 80.6 Å². The highest BCUT2D eigenvalue weighted by Crippen LogP contribution is 2.09. The second-order valence-electron chi connectivity index (χ2n) is 2.78. The Bertz CT molecular complexity index is 444. The second kappa shape index (κ2) is 3.74. The molecule has 0 aliphatic heterocycles. The first-order valence-corrected chi connectivity index (χ1v) is 4.21. The van der Waals surface area contributed by atoms with Crippen molar-refractivity contribution in [1.29, 1.82) is 0 Å². The molecule has 2 heterocycles. The van der Waals surface area contributed by atoms with E-state index in [0.29, 0.717) is 0 Å². The molecule has 0 atom stereocenters. The lowest BCUT2D eigenvalue weighted by Gasteiger charge is -2.03. The summed E-state index contributed by atoms with van der Waals surface area (Å²) in [6.45, 7) is 0. The van der Waals surface area contributed by atoms with Crippen molar-refractivity contribution in [2.45, 2.75) is 0 Å². The highest BCUT2D eigenvalue weighted by molar-refractivity contribution is 5.53. The van der Waals surface area contributed by atoms with Gasteiger partial charge in [0.05, 0.1) is 5.69 Å². The van der Waals surface area contributed by atoms with Crippen molar-refractivity contribution in [3.05, 3.63) is 53.1 Å². The minimum absolute atomic E-state index is 0.114. The summed E-state index contributed by atoms with van der Waals surface area (Å²) >= 11 is 0. The van der Waals surface area contributed by atoms with Gasteiger partial charge >= 0.3 is 0 Å². The molecule has 2 rings (SSSR count).